The van der Waals surface area contributed by atoms with Crippen LogP contribution in [0.2, 0.25) is 0 Å². The van der Waals surface area contributed by atoms with Crippen LogP contribution in [-0.2, 0) is 0 Å². The highest BCUT2D eigenvalue weighted by atomic mass is 16.4. The van der Waals surface area contributed by atoms with E-state index in [4.69, 9.17) is 10.5 Å². The third-order valence-corrected chi connectivity index (χ3v) is 3.23. The summed E-state index contributed by atoms with van der Waals surface area (Å²) in [4.78, 5) is 2.34. The zero-order valence-electron chi connectivity index (χ0n) is 7.48. The van der Waals surface area contributed by atoms with Crippen LogP contribution in [0.3, 0.4) is 0 Å². The minimum absolute atomic E-state index is 0.178. The first-order chi connectivity index (χ1) is 6.35. The lowest BCUT2D eigenvalue weighted by molar-refractivity contribution is 0.0811. The molecule has 0 spiro atoms. The Morgan fingerprint density at radius 3 is 2.54 bits per heavy atom. The van der Waals surface area contributed by atoms with Gasteiger partial charge in [-0.25, -0.2) is 0 Å². The van der Waals surface area contributed by atoms with Gasteiger partial charge in [-0.2, -0.15) is 5.26 Å². The van der Waals surface area contributed by atoms with Gasteiger partial charge in [-0.3, -0.25) is 0 Å². The first-order valence-electron chi connectivity index (χ1n) is 4.69. The monoisotopic (exact) mass is 179 g/mol. The van der Waals surface area contributed by atoms with Gasteiger partial charge in [0, 0.05) is 12.5 Å². The third kappa shape index (κ3) is 1.40. The van der Waals surface area contributed by atoms with Crippen molar-refractivity contribution in [3.05, 3.63) is 0 Å². The van der Waals surface area contributed by atoms with Crippen molar-refractivity contribution in [1.29, 1.82) is 5.26 Å². The minimum Gasteiger partial charge on any atom is -0.410 e. The summed E-state index contributed by atoms with van der Waals surface area (Å²) < 4.78 is 0. The third-order valence-electron chi connectivity index (χ3n) is 3.23. The van der Waals surface area contributed by atoms with E-state index in [0.717, 1.165) is 32.5 Å². The molecule has 0 aliphatic carbocycles. The highest BCUT2D eigenvalue weighted by molar-refractivity contribution is 6.00. The lowest BCUT2D eigenvalue weighted by Gasteiger charge is -2.43. The van der Waals surface area contributed by atoms with E-state index in [9.17, 15) is 0 Å². The van der Waals surface area contributed by atoms with Crippen LogP contribution in [-0.4, -0.2) is 35.5 Å². The van der Waals surface area contributed by atoms with Gasteiger partial charge in [0.2, 0.25) is 0 Å². The molecule has 0 radical (unpaired) electrons. The van der Waals surface area contributed by atoms with Gasteiger partial charge >= 0.3 is 0 Å². The Kier molecular flexibility index (Phi) is 2.19. The van der Waals surface area contributed by atoms with Crippen molar-refractivity contribution < 1.29 is 5.21 Å². The van der Waals surface area contributed by atoms with E-state index in [1.807, 2.05) is 6.07 Å². The number of rotatable bonds is 1. The first-order valence-corrected chi connectivity index (χ1v) is 4.69. The Balaban J connectivity index is 2.13. The summed E-state index contributed by atoms with van der Waals surface area (Å²) in [5.41, 5.74) is 0.314. The van der Waals surface area contributed by atoms with Gasteiger partial charge in [-0.15, -0.1) is 0 Å². The Morgan fingerprint density at radius 1 is 1.46 bits per heavy atom. The molecule has 1 N–H and O–H groups in total. The van der Waals surface area contributed by atoms with Crippen LogP contribution in [0.5, 0.6) is 0 Å². The summed E-state index contributed by atoms with van der Waals surface area (Å²) in [7, 11) is 0. The van der Waals surface area contributed by atoms with Gasteiger partial charge in [0.25, 0.3) is 0 Å². The first kappa shape index (κ1) is 8.52. The smallest absolute Gasteiger partial charge is 0.161 e. The molecule has 1 unspecified atom stereocenters. The van der Waals surface area contributed by atoms with Gasteiger partial charge < -0.3 is 10.1 Å². The topological polar surface area (TPSA) is 59.6 Å². The average Bonchev–Trinajstić information content (AvgIpc) is 2.22. The van der Waals surface area contributed by atoms with Crippen molar-refractivity contribution in [2.75, 3.05) is 19.6 Å². The molecule has 70 valence electrons. The molecule has 4 nitrogen and oxygen atoms in total. The molecular formula is C9H13N3O. The van der Waals surface area contributed by atoms with Gasteiger partial charge in [-0.1, -0.05) is 5.16 Å². The van der Waals surface area contributed by atoms with Gasteiger partial charge in [-0.05, 0) is 31.8 Å². The zero-order chi connectivity index (χ0) is 9.26. The largest absolute Gasteiger partial charge is 0.410 e. The maximum Gasteiger partial charge on any atom is 0.161 e. The molecule has 3 aliphatic rings. The fourth-order valence-corrected chi connectivity index (χ4v) is 2.45. The van der Waals surface area contributed by atoms with Crippen LogP contribution in [0.1, 0.15) is 12.8 Å². The van der Waals surface area contributed by atoms with E-state index in [-0.39, 0.29) is 5.92 Å². The summed E-state index contributed by atoms with van der Waals surface area (Å²) in [5, 5.41) is 20.5. The molecule has 0 aromatic rings. The average molecular weight is 179 g/mol. The summed E-state index contributed by atoms with van der Waals surface area (Å²) in [6.45, 7) is 3.19. The summed E-state index contributed by atoms with van der Waals surface area (Å²) in [6, 6.07) is 1.98. The van der Waals surface area contributed by atoms with E-state index in [1.54, 1.807) is 0 Å². The Morgan fingerprint density at radius 2 is 2.15 bits per heavy atom. The molecule has 3 aliphatic heterocycles. The molecule has 3 fully saturated rings. The molecule has 0 amide bonds. The zero-order valence-corrected chi connectivity index (χ0v) is 7.48. The van der Waals surface area contributed by atoms with E-state index < -0.39 is 0 Å². The Labute approximate surface area is 77.4 Å². The summed E-state index contributed by atoms with van der Waals surface area (Å²) in [5.74, 6) is 0.744. The number of fused-ring (bicyclic) bond motifs is 3. The fraction of sp³-hybridized carbons (Fsp3) is 0.778. The number of piperidine rings is 3. The van der Waals surface area contributed by atoms with Gasteiger partial charge in [0.1, 0.15) is 6.07 Å². The second-order valence-electron chi connectivity index (χ2n) is 3.84. The second kappa shape index (κ2) is 3.35. The van der Waals surface area contributed by atoms with Crippen molar-refractivity contribution in [3.63, 3.8) is 0 Å². The highest BCUT2D eigenvalue weighted by Crippen LogP contribution is 2.32. The summed E-state index contributed by atoms with van der Waals surface area (Å²) >= 11 is 0. The van der Waals surface area contributed by atoms with Gasteiger partial charge in [0.15, 0.2) is 5.71 Å². The summed E-state index contributed by atoms with van der Waals surface area (Å²) in [6.07, 6.45) is 2.29. The molecule has 0 aromatic carbocycles. The van der Waals surface area contributed by atoms with Crippen LogP contribution >= 0.6 is 0 Å². The number of nitriles is 1. The van der Waals surface area contributed by atoms with Crippen molar-refractivity contribution in [2.24, 2.45) is 17.0 Å². The number of hydrogen-bond donors (Lipinski definition) is 1. The Hall–Kier alpha value is -1.08. The van der Waals surface area contributed by atoms with Crippen LogP contribution < -0.4 is 0 Å². The SMILES string of the molecule is N#CC(=NO)C1CN2CCC1CC2. The molecule has 0 saturated carbocycles. The number of nitrogens with zero attached hydrogens (tertiary/aromatic N) is 3. The van der Waals surface area contributed by atoms with Crippen molar-refractivity contribution in [3.8, 4) is 6.07 Å². The Bertz CT molecular complexity index is 261. The maximum absolute atomic E-state index is 8.75. The number of oxime groups is 1. The lowest BCUT2D eigenvalue weighted by atomic mass is 9.77. The molecule has 13 heavy (non-hydrogen) atoms. The number of hydrogen-bond acceptors (Lipinski definition) is 4. The van der Waals surface area contributed by atoms with Crippen molar-refractivity contribution >= 4 is 5.71 Å². The van der Waals surface area contributed by atoms with Crippen LogP contribution in [0.25, 0.3) is 0 Å². The predicted molar refractivity (Wildman–Crippen MR) is 47.5 cm³/mol. The van der Waals surface area contributed by atoms with E-state index in [2.05, 4.69) is 10.1 Å². The molecule has 3 heterocycles. The molecule has 4 heteroatoms. The van der Waals surface area contributed by atoms with Crippen LogP contribution in [0, 0.1) is 23.2 Å². The maximum atomic E-state index is 8.75. The molecule has 3 rings (SSSR count). The lowest BCUT2D eigenvalue weighted by Crippen LogP contribution is -2.49. The van der Waals surface area contributed by atoms with Crippen LogP contribution in [0.15, 0.2) is 5.16 Å². The molecular weight excluding hydrogens is 166 g/mol. The van der Waals surface area contributed by atoms with Crippen LogP contribution in [0.4, 0.5) is 0 Å². The van der Waals surface area contributed by atoms with E-state index in [1.165, 1.54) is 0 Å². The second-order valence-corrected chi connectivity index (χ2v) is 3.84. The van der Waals surface area contributed by atoms with E-state index in [0.29, 0.717) is 11.6 Å². The minimum atomic E-state index is 0.178. The van der Waals surface area contributed by atoms with Gasteiger partial charge in [0.05, 0.1) is 0 Å². The molecule has 0 aromatic heterocycles. The highest BCUT2D eigenvalue weighted by Gasteiger charge is 2.37. The molecule has 2 bridgehead atoms. The standard InChI is InChI=1S/C9H13N3O/c10-5-9(11-13)8-6-12-3-1-7(8)2-4-12/h7-8,13H,1-4,6H2. The molecule has 1 atom stereocenters. The molecule has 3 saturated heterocycles. The predicted octanol–water partition coefficient (Wildman–Crippen LogP) is 0.682. The fourth-order valence-electron chi connectivity index (χ4n) is 2.45. The quantitative estimate of drug-likeness (QED) is 0.366. The normalized spacial score (nSPS) is 38.7. The van der Waals surface area contributed by atoms with Crippen molar-refractivity contribution in [1.82, 2.24) is 4.90 Å². The van der Waals surface area contributed by atoms with Crippen molar-refractivity contribution in [2.45, 2.75) is 12.8 Å². The van der Waals surface area contributed by atoms with E-state index >= 15 is 0 Å².